The first-order chi connectivity index (χ1) is 16.5. The summed E-state index contributed by atoms with van der Waals surface area (Å²) in [6, 6.07) is 12.3. The highest BCUT2D eigenvalue weighted by Crippen LogP contribution is 2.38. The summed E-state index contributed by atoms with van der Waals surface area (Å²) < 4.78 is 2.61. The highest BCUT2D eigenvalue weighted by molar-refractivity contribution is 6.31. The van der Waals surface area contributed by atoms with Crippen molar-refractivity contribution in [3.05, 3.63) is 63.8 Å². The molecule has 1 saturated heterocycles. The van der Waals surface area contributed by atoms with Gasteiger partial charge in [-0.25, -0.2) is 0 Å². The van der Waals surface area contributed by atoms with Crippen molar-refractivity contribution in [1.82, 2.24) is 9.47 Å². The summed E-state index contributed by atoms with van der Waals surface area (Å²) >= 11 is 6.41. The number of halogens is 1. The molecule has 1 unspecified atom stereocenters. The lowest BCUT2D eigenvalue weighted by molar-refractivity contribution is 0.100. The predicted molar refractivity (Wildman–Crippen MR) is 141 cm³/mol. The van der Waals surface area contributed by atoms with E-state index in [1.165, 1.54) is 46.3 Å². The number of hydrogen-bond donors (Lipinski definition) is 1. The van der Waals surface area contributed by atoms with Gasteiger partial charge in [-0.2, -0.15) is 0 Å². The van der Waals surface area contributed by atoms with Gasteiger partial charge in [0.25, 0.3) is 0 Å². The number of nitrogens with zero attached hydrogens (tertiary/aromatic N) is 3. The molecule has 180 valence electrons. The molecule has 1 fully saturated rings. The second kappa shape index (κ2) is 9.63. The van der Waals surface area contributed by atoms with Crippen molar-refractivity contribution in [2.45, 2.75) is 58.5 Å². The van der Waals surface area contributed by atoms with Crippen LogP contribution in [0.5, 0.6) is 0 Å². The molecule has 3 aromatic rings. The summed E-state index contributed by atoms with van der Waals surface area (Å²) in [5.41, 5.74) is 12.8. The molecule has 1 atom stereocenters. The van der Waals surface area contributed by atoms with Crippen LogP contribution in [0.15, 0.2) is 36.4 Å². The quantitative estimate of drug-likeness (QED) is 0.494. The van der Waals surface area contributed by atoms with Crippen LogP contribution in [0.25, 0.3) is 10.9 Å². The second-order valence-corrected chi connectivity index (χ2v) is 10.2. The number of aromatic nitrogens is 1. The highest BCUT2D eigenvalue weighted by atomic mass is 35.5. The van der Waals surface area contributed by atoms with E-state index in [9.17, 15) is 4.79 Å². The van der Waals surface area contributed by atoms with Gasteiger partial charge < -0.3 is 15.2 Å². The molecule has 1 amide bonds. The van der Waals surface area contributed by atoms with E-state index in [1.807, 2.05) is 18.2 Å². The lowest BCUT2D eigenvalue weighted by Crippen LogP contribution is -2.49. The molecule has 5 nitrogen and oxygen atoms in total. The largest absolute Gasteiger partial charge is 0.369 e. The molecule has 1 aliphatic heterocycles. The summed E-state index contributed by atoms with van der Waals surface area (Å²) in [5, 5.41) is 2.06. The third kappa shape index (κ3) is 4.09. The Kier molecular flexibility index (Phi) is 6.59. The molecule has 2 aliphatic rings. The van der Waals surface area contributed by atoms with Gasteiger partial charge >= 0.3 is 0 Å². The molecular formula is C28H35ClN4O. The number of rotatable bonds is 6. The zero-order chi connectivity index (χ0) is 23.8. The third-order valence-corrected chi connectivity index (χ3v) is 8.17. The van der Waals surface area contributed by atoms with E-state index in [0.717, 1.165) is 56.9 Å². The monoisotopic (exact) mass is 478 g/mol. The Balaban J connectivity index is 1.48. The van der Waals surface area contributed by atoms with Crippen molar-refractivity contribution in [2.24, 2.45) is 5.73 Å². The number of nitrogens with two attached hydrogens (primary N) is 1. The molecule has 0 radical (unpaired) electrons. The van der Waals surface area contributed by atoms with Crippen molar-refractivity contribution >= 4 is 34.1 Å². The molecule has 2 N–H and O–H groups in total. The van der Waals surface area contributed by atoms with Crippen LogP contribution in [0.4, 0.5) is 5.69 Å². The van der Waals surface area contributed by atoms with Crippen molar-refractivity contribution < 1.29 is 4.79 Å². The number of primary amides is 1. The average Bonchev–Trinajstić information content (AvgIpc) is 3.18. The van der Waals surface area contributed by atoms with E-state index in [4.69, 9.17) is 17.3 Å². The van der Waals surface area contributed by atoms with Gasteiger partial charge in [0.2, 0.25) is 5.91 Å². The molecule has 2 heterocycles. The van der Waals surface area contributed by atoms with Gasteiger partial charge in [-0.1, -0.05) is 31.0 Å². The SMILES string of the molecule is CCCC(N1CCN(c2cccc(Cl)c2C)CC1)n1c2c(c3cc(C(N)=O)ccc31)CCCC2. The number of carbonyl (C=O) groups excluding carboxylic acids is 1. The highest BCUT2D eigenvalue weighted by Gasteiger charge is 2.30. The molecule has 1 aliphatic carbocycles. The van der Waals surface area contributed by atoms with Crippen LogP contribution in [0.1, 0.15) is 66.0 Å². The smallest absolute Gasteiger partial charge is 0.248 e. The fraction of sp³-hybridized carbons (Fsp3) is 0.464. The third-order valence-electron chi connectivity index (χ3n) is 7.76. The van der Waals surface area contributed by atoms with Gasteiger partial charge in [0.1, 0.15) is 0 Å². The molecule has 0 spiro atoms. The normalized spacial score (nSPS) is 17.7. The summed E-state index contributed by atoms with van der Waals surface area (Å²) in [7, 11) is 0. The van der Waals surface area contributed by atoms with Crippen LogP contribution in [0.3, 0.4) is 0 Å². The Labute approximate surface area is 207 Å². The molecule has 2 aromatic carbocycles. The fourth-order valence-corrected chi connectivity index (χ4v) is 6.17. The van der Waals surface area contributed by atoms with E-state index in [1.54, 1.807) is 0 Å². The van der Waals surface area contributed by atoms with Crippen LogP contribution in [0.2, 0.25) is 5.02 Å². The van der Waals surface area contributed by atoms with E-state index in [0.29, 0.717) is 11.7 Å². The Bertz CT molecular complexity index is 1210. The van der Waals surface area contributed by atoms with Crippen molar-refractivity contribution in [1.29, 1.82) is 0 Å². The van der Waals surface area contributed by atoms with Crippen LogP contribution >= 0.6 is 11.6 Å². The summed E-state index contributed by atoms with van der Waals surface area (Å²) in [6.07, 6.45) is 7.21. The van der Waals surface area contributed by atoms with Crippen LogP contribution in [-0.2, 0) is 12.8 Å². The minimum Gasteiger partial charge on any atom is -0.369 e. The average molecular weight is 479 g/mol. The minimum atomic E-state index is -0.350. The lowest BCUT2D eigenvalue weighted by Gasteiger charge is -2.42. The minimum absolute atomic E-state index is 0.330. The zero-order valence-electron chi connectivity index (χ0n) is 20.3. The first-order valence-corrected chi connectivity index (χ1v) is 13.1. The number of piperazine rings is 1. The number of hydrogen-bond acceptors (Lipinski definition) is 3. The number of amides is 1. The van der Waals surface area contributed by atoms with Crippen molar-refractivity contribution in [2.75, 3.05) is 31.1 Å². The maximum atomic E-state index is 11.9. The zero-order valence-corrected chi connectivity index (χ0v) is 21.1. The van der Waals surface area contributed by atoms with Gasteiger partial charge in [-0.15, -0.1) is 0 Å². The first-order valence-electron chi connectivity index (χ1n) is 12.7. The Morgan fingerprint density at radius 2 is 1.85 bits per heavy atom. The number of aryl methyl sites for hydroxylation is 1. The first kappa shape index (κ1) is 23.3. The molecule has 6 heteroatoms. The van der Waals surface area contributed by atoms with Crippen LogP contribution in [0, 0.1) is 6.92 Å². The van der Waals surface area contributed by atoms with E-state index in [2.05, 4.69) is 46.4 Å². The van der Waals surface area contributed by atoms with Gasteiger partial charge in [-0.05, 0) is 80.5 Å². The Morgan fingerprint density at radius 1 is 1.09 bits per heavy atom. The summed E-state index contributed by atoms with van der Waals surface area (Å²) in [5.74, 6) is -0.350. The predicted octanol–water partition coefficient (Wildman–Crippen LogP) is 5.70. The summed E-state index contributed by atoms with van der Waals surface area (Å²) in [6.45, 7) is 8.42. The van der Waals surface area contributed by atoms with Crippen LogP contribution < -0.4 is 10.6 Å². The molecule has 5 rings (SSSR count). The van der Waals surface area contributed by atoms with Gasteiger partial charge in [-0.3, -0.25) is 9.69 Å². The topological polar surface area (TPSA) is 54.5 Å². The second-order valence-electron chi connectivity index (χ2n) is 9.77. The van der Waals surface area contributed by atoms with E-state index in [-0.39, 0.29) is 5.91 Å². The lowest BCUT2D eigenvalue weighted by atomic mass is 9.95. The van der Waals surface area contributed by atoms with E-state index < -0.39 is 0 Å². The van der Waals surface area contributed by atoms with Crippen LogP contribution in [-0.4, -0.2) is 41.6 Å². The molecular weight excluding hydrogens is 444 g/mol. The van der Waals surface area contributed by atoms with Gasteiger partial charge in [0.15, 0.2) is 0 Å². The number of benzene rings is 2. The fourth-order valence-electron chi connectivity index (χ4n) is 6.00. The standard InChI is InChI=1S/C28H35ClN4O/c1-3-7-27(32-16-14-31(15-17-32)24-11-6-9-23(29)19(24)2)33-25-10-5-4-8-21(25)22-18-20(28(30)34)12-13-26(22)33/h6,9,11-13,18,27H,3-5,7-8,10,14-17H2,1-2H3,(H2,30,34). The van der Waals surface area contributed by atoms with Gasteiger partial charge in [0, 0.05) is 59.0 Å². The Hall–Kier alpha value is -2.50. The van der Waals surface area contributed by atoms with Gasteiger partial charge in [0.05, 0.1) is 6.17 Å². The maximum Gasteiger partial charge on any atom is 0.248 e. The van der Waals surface area contributed by atoms with Crippen molar-refractivity contribution in [3.63, 3.8) is 0 Å². The Morgan fingerprint density at radius 3 is 2.59 bits per heavy atom. The summed E-state index contributed by atoms with van der Waals surface area (Å²) in [4.78, 5) is 17.0. The number of anilines is 1. The van der Waals surface area contributed by atoms with Crippen molar-refractivity contribution in [3.8, 4) is 0 Å². The molecule has 1 aromatic heterocycles. The number of fused-ring (bicyclic) bond motifs is 3. The molecule has 0 saturated carbocycles. The number of carbonyl (C=O) groups is 1. The molecule has 0 bridgehead atoms. The molecule has 34 heavy (non-hydrogen) atoms. The maximum absolute atomic E-state index is 11.9. The van der Waals surface area contributed by atoms with E-state index >= 15 is 0 Å².